The fourth-order valence-electron chi connectivity index (χ4n) is 2.69. The van der Waals surface area contributed by atoms with Crippen LogP contribution in [0.1, 0.15) is 50.4 Å². The first-order valence-electron chi connectivity index (χ1n) is 7.22. The summed E-state index contributed by atoms with van der Waals surface area (Å²) in [7, 11) is 0. The normalized spacial score (nSPS) is 16.7. The molecule has 102 valence electrons. The van der Waals surface area contributed by atoms with Crippen LogP contribution < -0.4 is 0 Å². The van der Waals surface area contributed by atoms with Crippen LogP contribution in [0, 0.1) is 11.3 Å². The molecule has 1 aliphatic rings. The first-order chi connectivity index (χ1) is 9.64. The number of H-pyrrole nitrogens is 1. The summed E-state index contributed by atoms with van der Waals surface area (Å²) in [6.45, 7) is 4.38. The standard InChI is InChI=1S/C17H19N3/c1-12(2)13-4-6-14(7-5-13)15-10-19-16(20-15)17(11-18)8-3-9-17/h4-7,10,12H,3,8-9H2,1-2H3,(H,19,20). The third-order valence-electron chi connectivity index (χ3n) is 4.34. The molecule has 0 atom stereocenters. The molecular weight excluding hydrogens is 246 g/mol. The van der Waals surface area contributed by atoms with Crippen molar-refractivity contribution in [2.75, 3.05) is 0 Å². The average Bonchev–Trinajstić information content (AvgIpc) is 2.88. The Labute approximate surface area is 119 Å². The topological polar surface area (TPSA) is 52.5 Å². The zero-order valence-electron chi connectivity index (χ0n) is 12.0. The van der Waals surface area contributed by atoms with Crippen LogP contribution in [-0.2, 0) is 5.41 Å². The minimum Gasteiger partial charge on any atom is -0.341 e. The summed E-state index contributed by atoms with van der Waals surface area (Å²) in [6.07, 6.45) is 4.80. The van der Waals surface area contributed by atoms with Crippen molar-refractivity contribution in [2.45, 2.75) is 44.4 Å². The molecular formula is C17H19N3. The van der Waals surface area contributed by atoms with Crippen LogP contribution >= 0.6 is 0 Å². The Morgan fingerprint density at radius 3 is 2.45 bits per heavy atom. The summed E-state index contributed by atoms with van der Waals surface area (Å²) >= 11 is 0. The molecule has 3 heteroatoms. The number of aromatic nitrogens is 2. The lowest BCUT2D eigenvalue weighted by atomic mass is 9.69. The maximum atomic E-state index is 9.36. The zero-order valence-corrected chi connectivity index (χ0v) is 12.0. The zero-order chi connectivity index (χ0) is 14.2. The molecule has 0 spiro atoms. The summed E-state index contributed by atoms with van der Waals surface area (Å²) in [5.74, 6) is 1.37. The molecule has 1 N–H and O–H groups in total. The van der Waals surface area contributed by atoms with Crippen molar-refractivity contribution in [3.05, 3.63) is 41.9 Å². The predicted molar refractivity (Wildman–Crippen MR) is 79.3 cm³/mol. The van der Waals surface area contributed by atoms with Crippen LogP contribution in [0.5, 0.6) is 0 Å². The summed E-state index contributed by atoms with van der Waals surface area (Å²) in [5.41, 5.74) is 3.09. The van der Waals surface area contributed by atoms with Crippen LogP contribution in [0.25, 0.3) is 11.3 Å². The molecule has 0 amide bonds. The van der Waals surface area contributed by atoms with Crippen LogP contribution in [0.3, 0.4) is 0 Å². The lowest BCUT2D eigenvalue weighted by Crippen LogP contribution is -2.33. The van der Waals surface area contributed by atoms with E-state index >= 15 is 0 Å². The molecule has 3 nitrogen and oxygen atoms in total. The molecule has 0 bridgehead atoms. The molecule has 0 aliphatic heterocycles. The molecule has 1 saturated carbocycles. The van der Waals surface area contributed by atoms with Crippen molar-refractivity contribution in [1.29, 1.82) is 5.26 Å². The Kier molecular flexibility index (Phi) is 3.10. The highest BCUT2D eigenvalue weighted by Crippen LogP contribution is 2.42. The number of nitriles is 1. The van der Waals surface area contributed by atoms with Crippen LogP contribution in [0.2, 0.25) is 0 Å². The lowest BCUT2D eigenvalue weighted by Gasteiger charge is -2.32. The number of nitrogens with one attached hydrogen (secondary N) is 1. The maximum Gasteiger partial charge on any atom is 0.127 e. The second-order valence-electron chi connectivity index (χ2n) is 5.97. The predicted octanol–water partition coefficient (Wildman–Crippen LogP) is 4.15. The Bertz CT molecular complexity index is 640. The monoisotopic (exact) mass is 265 g/mol. The number of hydrogen-bond donors (Lipinski definition) is 1. The molecule has 0 radical (unpaired) electrons. The van der Waals surface area contributed by atoms with Crippen LogP contribution in [-0.4, -0.2) is 9.97 Å². The van der Waals surface area contributed by atoms with Crippen molar-refractivity contribution in [3.8, 4) is 17.3 Å². The first kappa shape index (κ1) is 12.9. The molecule has 2 aromatic rings. The van der Waals surface area contributed by atoms with Gasteiger partial charge in [0.1, 0.15) is 11.2 Å². The Hall–Kier alpha value is -2.08. The molecule has 20 heavy (non-hydrogen) atoms. The number of benzene rings is 1. The third kappa shape index (κ3) is 2.02. The van der Waals surface area contributed by atoms with Gasteiger partial charge in [-0.25, -0.2) is 4.98 Å². The fourth-order valence-corrected chi connectivity index (χ4v) is 2.69. The molecule has 3 rings (SSSR count). The molecule has 1 aromatic carbocycles. The number of nitrogens with zero attached hydrogens (tertiary/aromatic N) is 2. The van der Waals surface area contributed by atoms with Crippen LogP contribution in [0.4, 0.5) is 0 Å². The van der Waals surface area contributed by atoms with E-state index in [0.717, 1.165) is 36.3 Å². The summed E-state index contributed by atoms with van der Waals surface area (Å²) in [6, 6.07) is 11.0. The van der Waals surface area contributed by atoms with Crippen molar-refractivity contribution >= 4 is 0 Å². The molecule has 1 heterocycles. The number of rotatable bonds is 3. The molecule has 1 aromatic heterocycles. The van der Waals surface area contributed by atoms with Crippen molar-refractivity contribution in [1.82, 2.24) is 9.97 Å². The van der Waals surface area contributed by atoms with E-state index in [4.69, 9.17) is 0 Å². The second kappa shape index (κ2) is 4.79. The highest BCUT2D eigenvalue weighted by atomic mass is 14.9. The Balaban J connectivity index is 1.89. The van der Waals surface area contributed by atoms with E-state index in [1.807, 2.05) is 6.20 Å². The van der Waals surface area contributed by atoms with Gasteiger partial charge in [-0.2, -0.15) is 5.26 Å². The largest absolute Gasteiger partial charge is 0.341 e. The van der Waals surface area contributed by atoms with Gasteiger partial charge in [-0.05, 0) is 36.3 Å². The second-order valence-corrected chi connectivity index (χ2v) is 5.97. The van der Waals surface area contributed by atoms with Gasteiger partial charge in [0.2, 0.25) is 0 Å². The SMILES string of the molecule is CC(C)c1ccc(-c2cnc(C3(C#N)CCC3)[nH]2)cc1. The van der Waals surface area contributed by atoms with E-state index < -0.39 is 0 Å². The Morgan fingerprint density at radius 1 is 1.25 bits per heavy atom. The van der Waals surface area contributed by atoms with Crippen molar-refractivity contribution in [2.24, 2.45) is 0 Å². The average molecular weight is 265 g/mol. The van der Waals surface area contributed by atoms with E-state index in [1.54, 1.807) is 0 Å². The van der Waals surface area contributed by atoms with Gasteiger partial charge in [0.15, 0.2) is 0 Å². The number of aromatic amines is 1. The van der Waals surface area contributed by atoms with E-state index in [9.17, 15) is 5.26 Å². The summed E-state index contributed by atoms with van der Waals surface area (Å²) in [5, 5.41) is 9.36. The third-order valence-corrected chi connectivity index (χ3v) is 4.34. The van der Waals surface area contributed by atoms with Gasteiger partial charge in [0.25, 0.3) is 0 Å². The smallest absolute Gasteiger partial charge is 0.127 e. The van der Waals surface area contributed by atoms with E-state index in [-0.39, 0.29) is 5.41 Å². The van der Waals surface area contributed by atoms with Crippen LogP contribution in [0.15, 0.2) is 30.5 Å². The van der Waals surface area contributed by atoms with Gasteiger partial charge in [-0.1, -0.05) is 38.1 Å². The molecule has 1 aliphatic carbocycles. The van der Waals surface area contributed by atoms with Crippen molar-refractivity contribution < 1.29 is 0 Å². The summed E-state index contributed by atoms with van der Waals surface area (Å²) < 4.78 is 0. The van der Waals surface area contributed by atoms with E-state index in [2.05, 4.69) is 54.2 Å². The fraction of sp³-hybridized carbons (Fsp3) is 0.412. The van der Waals surface area contributed by atoms with Gasteiger partial charge in [0, 0.05) is 0 Å². The van der Waals surface area contributed by atoms with Crippen molar-refractivity contribution in [3.63, 3.8) is 0 Å². The van der Waals surface area contributed by atoms with Gasteiger partial charge < -0.3 is 4.98 Å². The minimum absolute atomic E-state index is 0.365. The van der Waals surface area contributed by atoms with Gasteiger partial charge >= 0.3 is 0 Å². The number of hydrogen-bond acceptors (Lipinski definition) is 2. The van der Waals surface area contributed by atoms with Gasteiger partial charge in [0.05, 0.1) is 18.0 Å². The quantitative estimate of drug-likeness (QED) is 0.906. The first-order valence-corrected chi connectivity index (χ1v) is 7.22. The molecule has 0 unspecified atom stereocenters. The van der Waals surface area contributed by atoms with E-state index in [0.29, 0.717) is 5.92 Å². The lowest BCUT2D eigenvalue weighted by molar-refractivity contribution is 0.309. The molecule has 0 saturated heterocycles. The maximum absolute atomic E-state index is 9.36. The number of imidazole rings is 1. The Morgan fingerprint density at radius 2 is 1.95 bits per heavy atom. The summed E-state index contributed by atoms with van der Waals surface area (Å²) in [4.78, 5) is 7.78. The van der Waals surface area contributed by atoms with Gasteiger partial charge in [-0.15, -0.1) is 0 Å². The highest BCUT2D eigenvalue weighted by Gasteiger charge is 2.41. The highest BCUT2D eigenvalue weighted by molar-refractivity contribution is 5.59. The minimum atomic E-state index is -0.365. The van der Waals surface area contributed by atoms with Gasteiger partial charge in [-0.3, -0.25) is 0 Å². The molecule has 1 fully saturated rings. The van der Waals surface area contributed by atoms with E-state index in [1.165, 1.54) is 5.56 Å².